The Morgan fingerprint density at radius 3 is 3.00 bits per heavy atom. The van der Waals surface area contributed by atoms with E-state index in [2.05, 4.69) is 22.3 Å². The summed E-state index contributed by atoms with van der Waals surface area (Å²) >= 11 is 1.64. The third-order valence-electron chi connectivity index (χ3n) is 2.41. The van der Waals surface area contributed by atoms with Crippen LogP contribution in [0.2, 0.25) is 0 Å². The van der Waals surface area contributed by atoms with E-state index >= 15 is 0 Å². The highest BCUT2D eigenvalue weighted by atomic mass is 32.1. The molecule has 1 rings (SSSR count). The zero-order valence-corrected chi connectivity index (χ0v) is 10.9. The van der Waals surface area contributed by atoms with Crippen LogP contribution >= 0.6 is 11.3 Å². The molecule has 0 aliphatic heterocycles. The number of hydrogen-bond acceptors (Lipinski definition) is 5. The summed E-state index contributed by atoms with van der Waals surface area (Å²) in [6, 6.07) is 0. The number of thiazole rings is 1. The van der Waals surface area contributed by atoms with Crippen LogP contribution in [0.3, 0.4) is 0 Å². The molecule has 4 nitrogen and oxygen atoms in total. The summed E-state index contributed by atoms with van der Waals surface area (Å²) in [4.78, 5) is 6.51. The van der Waals surface area contributed by atoms with Crippen LogP contribution in [0, 0.1) is 0 Å². The minimum absolute atomic E-state index is 0.183. The largest absolute Gasteiger partial charge is 0.377 e. The molecule has 92 valence electrons. The van der Waals surface area contributed by atoms with Crippen molar-refractivity contribution >= 4 is 11.3 Å². The van der Waals surface area contributed by atoms with Gasteiger partial charge in [0.05, 0.1) is 17.3 Å². The second-order valence-electron chi connectivity index (χ2n) is 3.82. The standard InChI is InChI=1S/C11H21N3OS/c1-3-15-11(6-12)4-5-14(2)7-10-8-16-9-13-10/h8-9,11H,3-7,12H2,1-2H3. The van der Waals surface area contributed by atoms with Crippen molar-refractivity contribution in [2.75, 3.05) is 26.7 Å². The lowest BCUT2D eigenvalue weighted by molar-refractivity contribution is 0.0558. The molecule has 0 bridgehead atoms. The van der Waals surface area contributed by atoms with Crippen molar-refractivity contribution in [3.8, 4) is 0 Å². The fraction of sp³-hybridized carbons (Fsp3) is 0.727. The van der Waals surface area contributed by atoms with Crippen LogP contribution in [-0.2, 0) is 11.3 Å². The van der Waals surface area contributed by atoms with Crippen LogP contribution in [0.25, 0.3) is 0 Å². The van der Waals surface area contributed by atoms with Gasteiger partial charge in [0.1, 0.15) is 0 Å². The van der Waals surface area contributed by atoms with E-state index in [9.17, 15) is 0 Å². The maximum Gasteiger partial charge on any atom is 0.0795 e. The van der Waals surface area contributed by atoms with Crippen molar-refractivity contribution in [2.45, 2.75) is 26.0 Å². The van der Waals surface area contributed by atoms with Crippen LogP contribution in [0.5, 0.6) is 0 Å². The number of rotatable bonds is 8. The van der Waals surface area contributed by atoms with E-state index in [4.69, 9.17) is 10.5 Å². The van der Waals surface area contributed by atoms with Crippen molar-refractivity contribution in [3.05, 3.63) is 16.6 Å². The molecule has 1 aromatic heterocycles. The van der Waals surface area contributed by atoms with Crippen molar-refractivity contribution < 1.29 is 4.74 Å². The number of hydrogen-bond donors (Lipinski definition) is 1. The van der Waals surface area contributed by atoms with Crippen molar-refractivity contribution in [3.63, 3.8) is 0 Å². The molecule has 1 aromatic rings. The Morgan fingerprint density at radius 2 is 2.44 bits per heavy atom. The Labute approximate surface area is 101 Å². The van der Waals surface area contributed by atoms with Gasteiger partial charge < -0.3 is 15.4 Å². The lowest BCUT2D eigenvalue weighted by atomic mass is 10.2. The minimum Gasteiger partial charge on any atom is -0.377 e. The summed E-state index contributed by atoms with van der Waals surface area (Å²) in [6.07, 6.45) is 1.16. The number of nitrogens with two attached hydrogens (primary N) is 1. The molecule has 1 unspecified atom stereocenters. The average Bonchev–Trinajstić information content (AvgIpc) is 2.76. The van der Waals surface area contributed by atoms with Gasteiger partial charge >= 0.3 is 0 Å². The third kappa shape index (κ3) is 5.03. The summed E-state index contributed by atoms with van der Waals surface area (Å²) in [5.41, 5.74) is 8.63. The molecule has 0 aromatic carbocycles. The van der Waals surface area contributed by atoms with Gasteiger partial charge in [0.15, 0.2) is 0 Å². The molecule has 0 amide bonds. The number of ether oxygens (including phenoxy) is 1. The monoisotopic (exact) mass is 243 g/mol. The molecule has 5 heteroatoms. The van der Waals surface area contributed by atoms with E-state index in [1.807, 2.05) is 12.4 Å². The van der Waals surface area contributed by atoms with E-state index in [1.165, 1.54) is 0 Å². The Bertz CT molecular complexity index is 266. The predicted octanol–water partition coefficient (Wildman–Crippen LogP) is 1.33. The van der Waals surface area contributed by atoms with E-state index < -0.39 is 0 Å². The van der Waals surface area contributed by atoms with Gasteiger partial charge in [-0.2, -0.15) is 0 Å². The molecule has 16 heavy (non-hydrogen) atoms. The van der Waals surface area contributed by atoms with Gasteiger partial charge in [0.25, 0.3) is 0 Å². The second-order valence-corrected chi connectivity index (χ2v) is 4.54. The molecule has 0 fully saturated rings. The Kier molecular flexibility index (Phi) is 6.56. The highest BCUT2D eigenvalue weighted by Crippen LogP contribution is 2.05. The summed E-state index contributed by atoms with van der Waals surface area (Å²) < 4.78 is 5.51. The zero-order chi connectivity index (χ0) is 11.8. The van der Waals surface area contributed by atoms with Gasteiger partial charge in [-0.15, -0.1) is 11.3 Å². The quantitative estimate of drug-likeness (QED) is 0.748. The summed E-state index contributed by atoms with van der Waals surface area (Å²) in [5.74, 6) is 0. The van der Waals surface area contributed by atoms with Crippen LogP contribution in [0.15, 0.2) is 10.9 Å². The number of aromatic nitrogens is 1. The lowest BCUT2D eigenvalue weighted by Gasteiger charge is -2.20. The van der Waals surface area contributed by atoms with Gasteiger partial charge in [-0.25, -0.2) is 4.98 Å². The van der Waals surface area contributed by atoms with Gasteiger partial charge in [0, 0.05) is 31.6 Å². The maximum absolute atomic E-state index is 5.63. The highest BCUT2D eigenvalue weighted by Gasteiger charge is 2.08. The first-order valence-corrected chi connectivity index (χ1v) is 6.57. The molecule has 0 aliphatic carbocycles. The lowest BCUT2D eigenvalue weighted by Crippen LogP contribution is -2.29. The van der Waals surface area contributed by atoms with Crippen molar-refractivity contribution in [2.24, 2.45) is 5.73 Å². The average molecular weight is 243 g/mol. The Morgan fingerprint density at radius 1 is 1.62 bits per heavy atom. The molecule has 1 heterocycles. The van der Waals surface area contributed by atoms with Gasteiger partial charge in [-0.3, -0.25) is 0 Å². The first-order valence-electron chi connectivity index (χ1n) is 5.63. The fourth-order valence-electron chi connectivity index (χ4n) is 1.54. The Hall–Kier alpha value is -0.490. The molecule has 1 atom stereocenters. The summed E-state index contributed by atoms with van der Waals surface area (Å²) in [7, 11) is 2.10. The molecule has 0 radical (unpaired) electrons. The maximum atomic E-state index is 5.63. The normalized spacial score (nSPS) is 13.2. The Balaban J connectivity index is 2.21. The van der Waals surface area contributed by atoms with Gasteiger partial charge in [-0.1, -0.05) is 0 Å². The topological polar surface area (TPSA) is 51.4 Å². The fourth-order valence-corrected chi connectivity index (χ4v) is 2.09. The van der Waals surface area contributed by atoms with E-state index in [0.717, 1.165) is 31.8 Å². The first kappa shape index (κ1) is 13.6. The van der Waals surface area contributed by atoms with Gasteiger partial charge in [-0.05, 0) is 20.4 Å². The van der Waals surface area contributed by atoms with Crippen LogP contribution in [-0.4, -0.2) is 42.7 Å². The minimum atomic E-state index is 0.183. The molecule has 0 aliphatic rings. The molecule has 0 saturated carbocycles. The second kappa shape index (κ2) is 7.73. The summed E-state index contributed by atoms with van der Waals surface area (Å²) in [6.45, 7) is 5.21. The van der Waals surface area contributed by atoms with Crippen molar-refractivity contribution in [1.29, 1.82) is 0 Å². The molecule has 2 N–H and O–H groups in total. The molecule has 0 saturated heterocycles. The predicted molar refractivity (Wildman–Crippen MR) is 67.5 cm³/mol. The highest BCUT2D eigenvalue weighted by molar-refractivity contribution is 7.07. The third-order valence-corrected chi connectivity index (χ3v) is 3.05. The SMILES string of the molecule is CCOC(CN)CCN(C)Cc1cscn1. The smallest absolute Gasteiger partial charge is 0.0795 e. The molecular weight excluding hydrogens is 222 g/mol. The molecular formula is C11H21N3OS. The van der Waals surface area contributed by atoms with E-state index in [1.54, 1.807) is 11.3 Å². The van der Waals surface area contributed by atoms with E-state index in [-0.39, 0.29) is 6.10 Å². The zero-order valence-electron chi connectivity index (χ0n) is 10.1. The van der Waals surface area contributed by atoms with Crippen molar-refractivity contribution in [1.82, 2.24) is 9.88 Å². The number of nitrogens with zero attached hydrogens (tertiary/aromatic N) is 2. The van der Waals surface area contributed by atoms with Gasteiger partial charge in [0.2, 0.25) is 0 Å². The van der Waals surface area contributed by atoms with Crippen LogP contribution in [0.1, 0.15) is 19.0 Å². The van der Waals surface area contributed by atoms with Crippen LogP contribution in [0.4, 0.5) is 0 Å². The van der Waals surface area contributed by atoms with Crippen LogP contribution < -0.4 is 5.73 Å². The summed E-state index contributed by atoms with van der Waals surface area (Å²) in [5, 5.41) is 2.08. The van der Waals surface area contributed by atoms with E-state index in [0.29, 0.717) is 6.54 Å². The first-order chi connectivity index (χ1) is 7.76. The molecule has 0 spiro atoms.